The number of carbonyl (C=O) groups excluding carboxylic acids is 1. The first-order valence-corrected chi connectivity index (χ1v) is 10.7. The Hall–Kier alpha value is -1.12. The first kappa shape index (κ1) is 24.2. The summed E-state index contributed by atoms with van der Waals surface area (Å²) in [6.07, 6.45) is 6.27. The van der Waals surface area contributed by atoms with Crippen LogP contribution in [-0.4, -0.2) is 43.7 Å². The maximum absolute atomic E-state index is 12.6. The Kier molecular flexibility index (Phi) is 8.97. The fourth-order valence-corrected chi connectivity index (χ4v) is 5.24. The molecule has 1 amide bonds. The van der Waals surface area contributed by atoms with Gasteiger partial charge in [0.05, 0.1) is 23.4 Å². The Balaban J connectivity index is 0.00000150. The summed E-state index contributed by atoms with van der Waals surface area (Å²) in [6.45, 7) is 3.85. The van der Waals surface area contributed by atoms with Gasteiger partial charge < -0.3 is 20.7 Å². The summed E-state index contributed by atoms with van der Waals surface area (Å²) in [6, 6.07) is 5.97. The van der Waals surface area contributed by atoms with Crippen molar-refractivity contribution >= 4 is 63.1 Å². The number of morpholine rings is 1. The van der Waals surface area contributed by atoms with Crippen molar-refractivity contribution in [3.8, 4) is 0 Å². The number of halogens is 2. The van der Waals surface area contributed by atoms with Gasteiger partial charge in [-0.05, 0) is 43.0 Å². The second kappa shape index (κ2) is 10.8. The van der Waals surface area contributed by atoms with Crippen LogP contribution in [0.5, 0.6) is 0 Å². The number of fused-ring (bicyclic) bond motifs is 1. The van der Waals surface area contributed by atoms with Crippen molar-refractivity contribution in [1.82, 2.24) is 4.98 Å². The molecule has 4 rings (SSSR count). The minimum absolute atomic E-state index is 0. The van der Waals surface area contributed by atoms with Gasteiger partial charge in [0.15, 0.2) is 5.13 Å². The van der Waals surface area contributed by atoms with Crippen LogP contribution in [0.3, 0.4) is 0 Å². The number of anilines is 2. The Morgan fingerprint density at radius 2 is 1.93 bits per heavy atom. The van der Waals surface area contributed by atoms with Crippen molar-refractivity contribution in [3.05, 3.63) is 18.2 Å². The summed E-state index contributed by atoms with van der Waals surface area (Å²) in [5.74, 6) is 0.0691. The fraction of sp³-hybridized carbons (Fsp3) is 0.600. The molecule has 2 heterocycles. The number of carbonyl (C=O) groups is 1. The van der Waals surface area contributed by atoms with Crippen molar-refractivity contribution < 1.29 is 9.53 Å². The number of hydrogen-bond donors (Lipinski definition) is 2. The van der Waals surface area contributed by atoms with Crippen molar-refractivity contribution in [3.63, 3.8) is 0 Å². The van der Waals surface area contributed by atoms with Crippen LogP contribution >= 0.6 is 36.2 Å². The van der Waals surface area contributed by atoms with Gasteiger partial charge in [-0.3, -0.25) is 4.79 Å². The second-order valence-corrected chi connectivity index (χ2v) is 8.78. The summed E-state index contributed by atoms with van der Waals surface area (Å²) >= 11 is 1.67. The molecule has 0 unspecified atom stereocenters. The molecule has 162 valence electrons. The molecular weight excluding hydrogens is 431 g/mol. The van der Waals surface area contributed by atoms with Gasteiger partial charge in [-0.2, -0.15) is 0 Å². The maximum Gasteiger partial charge on any atom is 0.224 e. The highest BCUT2D eigenvalue weighted by Crippen LogP contribution is 2.38. The van der Waals surface area contributed by atoms with E-state index in [1.165, 1.54) is 19.3 Å². The molecule has 2 aromatic rings. The lowest BCUT2D eigenvalue weighted by atomic mass is 9.71. The van der Waals surface area contributed by atoms with Gasteiger partial charge in [0.25, 0.3) is 0 Å². The minimum Gasteiger partial charge on any atom is -0.378 e. The number of aromatic nitrogens is 1. The minimum atomic E-state index is -0.0135. The van der Waals surface area contributed by atoms with E-state index in [1.807, 2.05) is 18.2 Å². The number of benzene rings is 1. The van der Waals surface area contributed by atoms with E-state index in [1.54, 1.807) is 11.3 Å². The van der Waals surface area contributed by atoms with Gasteiger partial charge in [-0.25, -0.2) is 4.98 Å². The number of ether oxygens (including phenoxy) is 1. The normalized spacial score (nSPS) is 18.6. The Morgan fingerprint density at radius 1 is 1.21 bits per heavy atom. The largest absolute Gasteiger partial charge is 0.378 e. The van der Waals surface area contributed by atoms with Crippen molar-refractivity contribution in [1.29, 1.82) is 0 Å². The lowest BCUT2D eigenvalue weighted by molar-refractivity contribution is -0.118. The first-order valence-electron chi connectivity index (χ1n) is 9.91. The molecule has 0 spiro atoms. The third-order valence-electron chi connectivity index (χ3n) is 5.83. The molecule has 2 aliphatic rings. The molecule has 0 bridgehead atoms. The Bertz CT molecular complexity index is 805. The average molecular weight is 461 g/mol. The van der Waals surface area contributed by atoms with E-state index in [9.17, 15) is 4.79 Å². The van der Waals surface area contributed by atoms with E-state index in [0.717, 1.165) is 60.2 Å². The quantitative estimate of drug-likeness (QED) is 0.697. The van der Waals surface area contributed by atoms with Gasteiger partial charge in [0.1, 0.15) is 0 Å². The zero-order valence-corrected chi connectivity index (χ0v) is 19.0. The molecule has 1 aromatic heterocycles. The highest BCUT2D eigenvalue weighted by molar-refractivity contribution is 7.22. The van der Waals surface area contributed by atoms with Crippen LogP contribution in [0.2, 0.25) is 0 Å². The molecular formula is C20H30Cl2N4O2S. The van der Waals surface area contributed by atoms with Gasteiger partial charge in [0.2, 0.25) is 5.91 Å². The molecule has 6 nitrogen and oxygen atoms in total. The Labute approximate surface area is 188 Å². The first-order chi connectivity index (χ1) is 13.2. The summed E-state index contributed by atoms with van der Waals surface area (Å²) in [5.41, 5.74) is 7.83. The maximum atomic E-state index is 12.6. The smallest absolute Gasteiger partial charge is 0.224 e. The third kappa shape index (κ3) is 5.73. The summed E-state index contributed by atoms with van der Waals surface area (Å²) in [4.78, 5) is 19.6. The molecule has 29 heavy (non-hydrogen) atoms. The molecule has 0 radical (unpaired) electrons. The van der Waals surface area contributed by atoms with E-state index in [0.29, 0.717) is 13.0 Å². The highest BCUT2D eigenvalue weighted by atomic mass is 35.5. The number of hydrogen-bond acceptors (Lipinski definition) is 6. The number of amides is 1. The predicted molar refractivity (Wildman–Crippen MR) is 125 cm³/mol. The van der Waals surface area contributed by atoms with Crippen LogP contribution in [0.1, 0.15) is 38.5 Å². The van der Waals surface area contributed by atoms with Gasteiger partial charge in [-0.1, -0.05) is 30.6 Å². The number of nitrogens with one attached hydrogen (secondary N) is 1. The molecule has 1 aliphatic heterocycles. The van der Waals surface area contributed by atoms with E-state index >= 15 is 0 Å². The van der Waals surface area contributed by atoms with Crippen molar-refractivity contribution in [2.75, 3.05) is 43.1 Å². The molecule has 1 saturated carbocycles. The highest BCUT2D eigenvalue weighted by Gasteiger charge is 2.33. The van der Waals surface area contributed by atoms with Gasteiger partial charge >= 0.3 is 0 Å². The molecule has 1 saturated heterocycles. The standard InChI is InChI=1S/C20H28N4O2S.2ClH/c21-14-20(6-2-1-3-7-20)13-18(25)22-15-4-5-16-17(12-15)27-19(23-16)24-8-10-26-11-9-24;;/h4-5,12H,1-3,6-11,13-14,21H2,(H,22,25);2*1H. The molecule has 1 aliphatic carbocycles. The van der Waals surface area contributed by atoms with Gasteiger partial charge in [0, 0.05) is 25.2 Å². The monoisotopic (exact) mass is 460 g/mol. The van der Waals surface area contributed by atoms with Crippen molar-refractivity contribution in [2.45, 2.75) is 38.5 Å². The molecule has 0 atom stereocenters. The van der Waals surface area contributed by atoms with E-state index in [2.05, 4.69) is 10.2 Å². The topological polar surface area (TPSA) is 80.5 Å². The average Bonchev–Trinajstić information content (AvgIpc) is 3.13. The number of nitrogens with zero attached hydrogens (tertiary/aromatic N) is 2. The number of thiazole rings is 1. The Morgan fingerprint density at radius 3 is 2.62 bits per heavy atom. The summed E-state index contributed by atoms with van der Waals surface area (Å²) < 4.78 is 6.51. The SMILES string of the molecule is Cl.Cl.NCC1(CC(=O)Nc2ccc3nc(N4CCOCC4)sc3c2)CCCCC1. The van der Waals surface area contributed by atoms with Crippen LogP contribution in [0.25, 0.3) is 10.2 Å². The number of rotatable bonds is 5. The fourth-order valence-electron chi connectivity index (χ4n) is 4.18. The van der Waals surface area contributed by atoms with Crippen LogP contribution in [-0.2, 0) is 9.53 Å². The zero-order chi connectivity index (χ0) is 18.7. The molecule has 1 aromatic carbocycles. The van der Waals surface area contributed by atoms with E-state index in [-0.39, 0.29) is 36.1 Å². The molecule has 9 heteroatoms. The van der Waals surface area contributed by atoms with Crippen LogP contribution < -0.4 is 16.0 Å². The summed E-state index contributed by atoms with van der Waals surface area (Å²) in [7, 11) is 0. The lowest BCUT2D eigenvalue weighted by Gasteiger charge is -2.35. The van der Waals surface area contributed by atoms with E-state index in [4.69, 9.17) is 15.5 Å². The lowest BCUT2D eigenvalue weighted by Crippen LogP contribution is -2.36. The van der Waals surface area contributed by atoms with Crippen LogP contribution in [0.4, 0.5) is 10.8 Å². The molecule has 2 fully saturated rings. The number of nitrogens with two attached hydrogens (primary N) is 1. The van der Waals surface area contributed by atoms with Gasteiger partial charge in [-0.15, -0.1) is 24.8 Å². The molecule has 3 N–H and O–H groups in total. The van der Waals surface area contributed by atoms with Crippen LogP contribution in [0, 0.1) is 5.41 Å². The third-order valence-corrected chi connectivity index (χ3v) is 6.90. The summed E-state index contributed by atoms with van der Waals surface area (Å²) in [5, 5.41) is 4.11. The second-order valence-electron chi connectivity index (χ2n) is 7.77. The zero-order valence-electron chi connectivity index (χ0n) is 16.5. The van der Waals surface area contributed by atoms with Crippen LogP contribution in [0.15, 0.2) is 18.2 Å². The predicted octanol–water partition coefficient (Wildman–Crippen LogP) is 4.21. The van der Waals surface area contributed by atoms with E-state index < -0.39 is 0 Å². The van der Waals surface area contributed by atoms with Crippen molar-refractivity contribution in [2.24, 2.45) is 11.1 Å².